The predicted molar refractivity (Wildman–Crippen MR) is 244 cm³/mol. The lowest BCUT2D eigenvalue weighted by Crippen LogP contribution is -2.74. The molecule has 0 aliphatic rings. The van der Waals surface area contributed by atoms with Gasteiger partial charge in [-0.25, -0.2) is 0 Å². The zero-order valence-electron chi connectivity index (χ0n) is 31.3. The predicted octanol–water partition coefficient (Wildman–Crippen LogP) is 10.9. The number of hydrogen-bond donors (Lipinski definition) is 0. The maximum atomic E-state index is 2.51. The summed E-state index contributed by atoms with van der Waals surface area (Å²) in [6, 6.07) is 85.2. The van der Waals surface area contributed by atoms with Gasteiger partial charge in [-0.05, 0) is 80.4 Å². The van der Waals surface area contributed by atoms with Crippen LogP contribution >= 0.6 is 0 Å². The van der Waals surface area contributed by atoms with Crippen LogP contribution in [0.5, 0.6) is 0 Å². The molecule has 0 radical (unpaired) electrons. The normalized spacial score (nSPS) is 11.9. The van der Waals surface area contributed by atoms with Crippen molar-refractivity contribution in [2.45, 2.75) is 0 Å². The van der Waals surface area contributed by atoms with Crippen molar-refractivity contribution in [1.82, 2.24) is 9.13 Å². The summed E-state index contributed by atoms with van der Waals surface area (Å²) < 4.78 is 4.93. The Bertz CT molecular complexity index is 3110. The molecule has 0 fully saturated rings. The minimum absolute atomic E-state index is 1.14. The molecule has 2 aromatic heterocycles. The van der Waals surface area contributed by atoms with Crippen molar-refractivity contribution in [3.63, 3.8) is 0 Å². The van der Waals surface area contributed by atoms with Gasteiger partial charge < -0.3 is 9.13 Å². The van der Waals surface area contributed by atoms with Crippen molar-refractivity contribution in [2.75, 3.05) is 0 Å². The molecule has 0 spiro atoms. The molecule has 11 aromatic rings. The van der Waals surface area contributed by atoms with Crippen LogP contribution in [-0.2, 0) is 0 Å². The van der Waals surface area contributed by atoms with E-state index in [9.17, 15) is 0 Å². The van der Waals surface area contributed by atoms with Crippen molar-refractivity contribution in [2.24, 2.45) is 0 Å². The quantitative estimate of drug-likeness (QED) is 0.114. The highest BCUT2D eigenvalue weighted by Crippen LogP contribution is 2.38. The molecular weight excluding hydrogens is 705 g/mol. The van der Waals surface area contributed by atoms with Crippen LogP contribution in [0.1, 0.15) is 0 Å². The first-order valence-electron chi connectivity index (χ1n) is 19.7. The molecule has 11 rings (SSSR count). The topological polar surface area (TPSA) is 9.86 Å². The second kappa shape index (κ2) is 13.5. The van der Waals surface area contributed by atoms with Gasteiger partial charge in [-0.2, -0.15) is 0 Å². The summed E-state index contributed by atoms with van der Waals surface area (Å²) in [4.78, 5) is 0. The first kappa shape index (κ1) is 33.2. The minimum atomic E-state index is -2.76. The Morgan fingerprint density at radius 1 is 0.246 bits per heavy atom. The standard InChI is InChI=1S/C54H38N2Si/c1-6-18-39(19-7-1)40-30-35-52-50(36-40)49-33-31-42(37-53(49)55(52)41-20-8-2-9-21-41)56-51-29-17-16-28-47(51)48-34-32-46(38-54(48)56)57(43-22-10-3-11-23-43,44-24-12-4-13-25-44)45-26-14-5-15-27-45/h1-38H. The third kappa shape index (κ3) is 5.24. The molecule has 2 heterocycles. The largest absolute Gasteiger partial charge is 0.309 e. The van der Waals surface area contributed by atoms with Crippen LogP contribution in [0.25, 0.3) is 66.1 Å². The third-order valence-corrected chi connectivity index (χ3v) is 16.6. The van der Waals surface area contributed by atoms with E-state index in [4.69, 9.17) is 0 Å². The van der Waals surface area contributed by atoms with Crippen LogP contribution in [-0.4, -0.2) is 17.2 Å². The smallest absolute Gasteiger partial charge is 0.179 e. The van der Waals surface area contributed by atoms with E-state index in [0.29, 0.717) is 0 Å². The summed E-state index contributed by atoms with van der Waals surface area (Å²) in [5.74, 6) is 0. The maximum Gasteiger partial charge on any atom is 0.179 e. The first-order chi connectivity index (χ1) is 28.3. The molecule has 0 aliphatic heterocycles. The van der Waals surface area contributed by atoms with E-state index < -0.39 is 8.07 Å². The second-order valence-electron chi connectivity index (χ2n) is 14.9. The van der Waals surface area contributed by atoms with Gasteiger partial charge in [-0.3, -0.25) is 0 Å². The van der Waals surface area contributed by atoms with Crippen LogP contribution in [0.3, 0.4) is 0 Å². The Hall–Kier alpha value is -7.20. The van der Waals surface area contributed by atoms with E-state index in [1.165, 1.54) is 75.5 Å². The first-order valence-corrected chi connectivity index (χ1v) is 21.7. The summed E-state index contributed by atoms with van der Waals surface area (Å²) in [6.07, 6.45) is 0. The fraction of sp³-hybridized carbons (Fsp3) is 0. The van der Waals surface area contributed by atoms with Gasteiger partial charge in [-0.1, -0.05) is 182 Å². The van der Waals surface area contributed by atoms with E-state index >= 15 is 0 Å². The van der Waals surface area contributed by atoms with Crippen molar-refractivity contribution < 1.29 is 0 Å². The van der Waals surface area contributed by atoms with Crippen LogP contribution < -0.4 is 20.7 Å². The van der Waals surface area contributed by atoms with E-state index in [-0.39, 0.29) is 0 Å². The Morgan fingerprint density at radius 3 is 1.37 bits per heavy atom. The van der Waals surface area contributed by atoms with Gasteiger partial charge in [-0.15, -0.1) is 0 Å². The monoisotopic (exact) mass is 742 g/mol. The maximum absolute atomic E-state index is 2.76. The summed E-state index contributed by atoms with van der Waals surface area (Å²) >= 11 is 0. The van der Waals surface area contributed by atoms with Crippen molar-refractivity contribution in [1.29, 1.82) is 0 Å². The molecule has 0 unspecified atom stereocenters. The zero-order chi connectivity index (χ0) is 37.8. The average Bonchev–Trinajstić information content (AvgIpc) is 3.80. The van der Waals surface area contributed by atoms with Gasteiger partial charge in [0, 0.05) is 32.9 Å². The fourth-order valence-corrected chi connectivity index (χ4v) is 14.1. The molecule has 0 saturated carbocycles. The number of nitrogens with zero attached hydrogens (tertiary/aromatic N) is 2. The van der Waals surface area contributed by atoms with Gasteiger partial charge in [0.1, 0.15) is 0 Å². The van der Waals surface area contributed by atoms with Gasteiger partial charge >= 0.3 is 0 Å². The molecule has 0 atom stereocenters. The van der Waals surface area contributed by atoms with Crippen molar-refractivity contribution >= 4 is 72.4 Å². The molecule has 57 heavy (non-hydrogen) atoms. The molecule has 9 aromatic carbocycles. The number of hydrogen-bond acceptors (Lipinski definition) is 0. The van der Waals surface area contributed by atoms with Gasteiger partial charge in [0.05, 0.1) is 22.1 Å². The summed E-state index contributed by atoms with van der Waals surface area (Å²) in [6.45, 7) is 0. The van der Waals surface area contributed by atoms with Gasteiger partial charge in [0.25, 0.3) is 0 Å². The molecule has 2 nitrogen and oxygen atoms in total. The van der Waals surface area contributed by atoms with E-state index in [1.807, 2.05) is 0 Å². The van der Waals surface area contributed by atoms with Gasteiger partial charge in [0.2, 0.25) is 0 Å². The van der Waals surface area contributed by atoms with Crippen LogP contribution in [0.4, 0.5) is 0 Å². The molecule has 268 valence electrons. The highest BCUT2D eigenvalue weighted by Gasteiger charge is 2.41. The van der Waals surface area contributed by atoms with Crippen LogP contribution in [0, 0.1) is 0 Å². The lowest BCUT2D eigenvalue weighted by Gasteiger charge is -2.34. The number of aromatic nitrogens is 2. The molecule has 0 bridgehead atoms. The molecule has 0 N–H and O–H groups in total. The number of benzene rings is 9. The lowest BCUT2D eigenvalue weighted by molar-refractivity contribution is 1.15. The van der Waals surface area contributed by atoms with Crippen molar-refractivity contribution in [3.8, 4) is 22.5 Å². The average molecular weight is 743 g/mol. The number of rotatable bonds is 7. The molecular formula is C54H38N2Si. The van der Waals surface area contributed by atoms with E-state index in [0.717, 1.165) is 11.4 Å². The van der Waals surface area contributed by atoms with Crippen LogP contribution in [0.2, 0.25) is 0 Å². The Balaban J connectivity index is 1.21. The lowest BCUT2D eigenvalue weighted by atomic mass is 10.0. The number of fused-ring (bicyclic) bond motifs is 6. The molecule has 0 saturated heterocycles. The van der Waals surface area contributed by atoms with E-state index in [2.05, 4.69) is 240 Å². The van der Waals surface area contributed by atoms with Crippen molar-refractivity contribution in [3.05, 3.63) is 231 Å². The molecule has 0 amide bonds. The summed E-state index contributed by atoms with van der Waals surface area (Å²) in [5.41, 5.74) is 9.52. The fourth-order valence-electron chi connectivity index (χ4n) is 9.36. The number of para-hydroxylation sites is 2. The SMILES string of the molecule is c1ccc(-c2ccc3c(c2)c2ccc(-n4c5ccccc5c5ccc([Si](c6ccccc6)(c6ccccc6)c6ccccc6)cc54)cc2n3-c2ccccc2)cc1. The highest BCUT2D eigenvalue weighted by molar-refractivity contribution is 7.20. The second-order valence-corrected chi connectivity index (χ2v) is 18.7. The van der Waals surface area contributed by atoms with Crippen LogP contribution in [0.15, 0.2) is 231 Å². The summed E-state index contributed by atoms with van der Waals surface area (Å²) in [7, 11) is -2.76. The minimum Gasteiger partial charge on any atom is -0.309 e. The zero-order valence-corrected chi connectivity index (χ0v) is 32.3. The Labute approximate surface area is 333 Å². The Morgan fingerprint density at radius 2 is 0.719 bits per heavy atom. The highest BCUT2D eigenvalue weighted by atomic mass is 28.3. The Kier molecular flexibility index (Phi) is 7.87. The van der Waals surface area contributed by atoms with Gasteiger partial charge in [0.15, 0.2) is 8.07 Å². The third-order valence-electron chi connectivity index (χ3n) is 11.9. The van der Waals surface area contributed by atoms with E-state index in [1.54, 1.807) is 0 Å². The molecule has 0 aliphatic carbocycles. The molecule has 3 heteroatoms. The summed E-state index contributed by atoms with van der Waals surface area (Å²) in [5, 5.41) is 10.4.